The van der Waals surface area contributed by atoms with E-state index in [-0.39, 0.29) is 11.8 Å². The summed E-state index contributed by atoms with van der Waals surface area (Å²) in [7, 11) is -4.08. The third-order valence-electron chi connectivity index (χ3n) is 3.06. The highest BCUT2D eigenvalue weighted by molar-refractivity contribution is 7.91. The lowest BCUT2D eigenvalue weighted by Crippen LogP contribution is -2.23. The molecule has 0 amide bonds. The average molecular weight is 291 g/mol. The van der Waals surface area contributed by atoms with Crippen molar-refractivity contribution in [2.75, 3.05) is 11.5 Å². The molecule has 0 radical (unpaired) electrons. The van der Waals surface area contributed by atoms with Crippen LogP contribution < -0.4 is 5.73 Å². The molecule has 0 spiro atoms. The zero-order valence-electron chi connectivity index (χ0n) is 10.4. The zero-order valence-corrected chi connectivity index (χ0v) is 11.2. The van der Waals surface area contributed by atoms with E-state index < -0.39 is 38.2 Å². The highest BCUT2D eigenvalue weighted by Gasteiger charge is 2.31. The third-order valence-corrected chi connectivity index (χ3v) is 4.88. The van der Waals surface area contributed by atoms with E-state index >= 15 is 0 Å². The van der Waals surface area contributed by atoms with Crippen molar-refractivity contribution >= 4 is 15.5 Å². The molecule has 1 heterocycles. The molecule has 2 atom stereocenters. The number of halogens is 2. The maximum absolute atomic E-state index is 13.6. The van der Waals surface area contributed by atoms with E-state index in [2.05, 4.69) is 0 Å². The first-order valence-electron chi connectivity index (χ1n) is 5.92. The van der Waals surface area contributed by atoms with Crippen LogP contribution in [0, 0.1) is 11.6 Å². The fraction of sp³-hybridized carbons (Fsp3) is 0.500. The van der Waals surface area contributed by atoms with E-state index in [1.165, 1.54) is 0 Å². The summed E-state index contributed by atoms with van der Waals surface area (Å²) in [5.41, 5.74) is 5.10. The predicted octanol–water partition coefficient (Wildman–Crippen LogP) is 1.89. The van der Waals surface area contributed by atoms with Gasteiger partial charge in [-0.25, -0.2) is 17.2 Å². The monoisotopic (exact) mass is 291 g/mol. The molecular weight excluding hydrogens is 276 g/mol. The van der Waals surface area contributed by atoms with Gasteiger partial charge in [-0.3, -0.25) is 0 Å². The molecule has 0 bridgehead atoms. The smallest absolute Gasteiger partial charge is 0.186 e. The summed E-state index contributed by atoms with van der Waals surface area (Å²) in [5.74, 6) is -2.75. The topological polar surface area (TPSA) is 69.4 Å². The van der Waals surface area contributed by atoms with Crippen LogP contribution in [-0.2, 0) is 14.6 Å². The lowest BCUT2D eigenvalue weighted by Gasteiger charge is -2.13. The Labute approximate surface area is 110 Å². The molecule has 7 heteroatoms. The molecule has 106 valence electrons. The summed E-state index contributed by atoms with van der Waals surface area (Å²) < 4.78 is 56.7. The zero-order chi connectivity index (χ0) is 14.2. The summed E-state index contributed by atoms with van der Waals surface area (Å²) in [5, 5.41) is 0. The van der Waals surface area contributed by atoms with E-state index in [1.807, 2.05) is 6.92 Å². The van der Waals surface area contributed by atoms with E-state index in [4.69, 9.17) is 10.5 Å². The van der Waals surface area contributed by atoms with Crippen LogP contribution in [0.4, 0.5) is 14.5 Å². The SMILES string of the molecule is CC1CCC(CS(=O)(=O)c2c(F)cc(N)cc2F)O1. The second-order valence-electron chi connectivity index (χ2n) is 4.74. The van der Waals surface area contributed by atoms with Crippen LogP contribution in [0.5, 0.6) is 0 Å². The number of benzene rings is 1. The molecule has 0 aromatic heterocycles. The quantitative estimate of drug-likeness (QED) is 0.863. The van der Waals surface area contributed by atoms with Crippen molar-refractivity contribution in [2.45, 2.75) is 36.9 Å². The van der Waals surface area contributed by atoms with Crippen LogP contribution in [0.1, 0.15) is 19.8 Å². The molecule has 19 heavy (non-hydrogen) atoms. The average Bonchev–Trinajstić information content (AvgIpc) is 2.60. The molecule has 1 saturated heterocycles. The van der Waals surface area contributed by atoms with E-state index in [9.17, 15) is 17.2 Å². The number of hydrogen-bond acceptors (Lipinski definition) is 4. The van der Waals surface area contributed by atoms with E-state index in [0.717, 1.165) is 18.6 Å². The van der Waals surface area contributed by atoms with Gasteiger partial charge in [-0.15, -0.1) is 0 Å². The molecule has 0 saturated carbocycles. The normalized spacial score (nSPS) is 23.7. The number of sulfone groups is 1. The standard InChI is InChI=1S/C12H15F2NO3S/c1-7-2-3-9(18-7)6-19(16,17)12-10(13)4-8(15)5-11(12)14/h4-5,7,9H,2-3,6,15H2,1H3. The van der Waals surface area contributed by atoms with Gasteiger partial charge in [0.25, 0.3) is 0 Å². The molecule has 1 aromatic carbocycles. The summed E-state index contributed by atoms with van der Waals surface area (Å²) in [6, 6.07) is 1.60. The van der Waals surface area contributed by atoms with E-state index in [1.54, 1.807) is 0 Å². The van der Waals surface area contributed by atoms with Crippen molar-refractivity contribution in [3.8, 4) is 0 Å². The van der Waals surface area contributed by atoms with Crippen LogP contribution in [0.25, 0.3) is 0 Å². The van der Waals surface area contributed by atoms with Crippen LogP contribution in [0.3, 0.4) is 0 Å². The third kappa shape index (κ3) is 3.03. The second kappa shape index (κ2) is 5.05. The molecule has 2 unspecified atom stereocenters. The molecule has 0 aliphatic carbocycles. The van der Waals surface area contributed by atoms with Crippen molar-refractivity contribution in [1.82, 2.24) is 0 Å². The summed E-state index contributed by atoms with van der Waals surface area (Å²) in [6.07, 6.45) is 0.767. The van der Waals surface area contributed by atoms with Crippen molar-refractivity contribution in [3.63, 3.8) is 0 Å². The van der Waals surface area contributed by atoms with Gasteiger partial charge in [0, 0.05) is 5.69 Å². The number of anilines is 1. The van der Waals surface area contributed by atoms with Crippen LogP contribution >= 0.6 is 0 Å². The minimum Gasteiger partial charge on any atom is -0.399 e. The van der Waals surface area contributed by atoms with Crippen molar-refractivity contribution in [3.05, 3.63) is 23.8 Å². The van der Waals surface area contributed by atoms with Crippen LogP contribution in [-0.4, -0.2) is 26.4 Å². The van der Waals surface area contributed by atoms with Crippen molar-refractivity contribution in [2.24, 2.45) is 0 Å². The van der Waals surface area contributed by atoms with Gasteiger partial charge in [0.2, 0.25) is 0 Å². The van der Waals surface area contributed by atoms with Gasteiger partial charge in [0.15, 0.2) is 9.84 Å². The molecule has 1 fully saturated rings. The Balaban J connectivity index is 2.30. The lowest BCUT2D eigenvalue weighted by molar-refractivity contribution is 0.0690. The van der Waals surface area contributed by atoms with Gasteiger partial charge in [-0.05, 0) is 31.9 Å². The molecule has 2 rings (SSSR count). The summed E-state index contributed by atoms with van der Waals surface area (Å²) >= 11 is 0. The predicted molar refractivity (Wildman–Crippen MR) is 66.4 cm³/mol. The summed E-state index contributed by atoms with van der Waals surface area (Å²) in [4.78, 5) is -0.926. The molecule has 1 aliphatic heterocycles. The second-order valence-corrected chi connectivity index (χ2v) is 6.71. The number of nitrogens with two attached hydrogens (primary N) is 1. The maximum atomic E-state index is 13.6. The fourth-order valence-corrected chi connectivity index (χ4v) is 3.83. The van der Waals surface area contributed by atoms with Gasteiger partial charge in [-0.1, -0.05) is 0 Å². The molecule has 4 nitrogen and oxygen atoms in total. The molecule has 1 aromatic rings. The number of ether oxygens (including phenoxy) is 1. The number of rotatable bonds is 3. The fourth-order valence-electron chi connectivity index (χ4n) is 2.21. The Morgan fingerprint density at radius 3 is 2.37 bits per heavy atom. The Hall–Kier alpha value is -1.21. The minimum absolute atomic E-state index is 0.0266. The minimum atomic E-state index is -4.08. The molecular formula is C12H15F2NO3S. The highest BCUT2D eigenvalue weighted by atomic mass is 32.2. The first-order valence-corrected chi connectivity index (χ1v) is 7.57. The number of nitrogen functional groups attached to an aromatic ring is 1. The Bertz CT molecular complexity index is 566. The maximum Gasteiger partial charge on any atom is 0.186 e. The van der Waals surface area contributed by atoms with Crippen molar-refractivity contribution in [1.29, 1.82) is 0 Å². The van der Waals surface area contributed by atoms with Crippen LogP contribution in [0.15, 0.2) is 17.0 Å². The van der Waals surface area contributed by atoms with Gasteiger partial charge in [0.1, 0.15) is 16.5 Å². The lowest BCUT2D eigenvalue weighted by atomic mass is 10.2. The van der Waals surface area contributed by atoms with Gasteiger partial charge < -0.3 is 10.5 Å². The van der Waals surface area contributed by atoms with Gasteiger partial charge in [-0.2, -0.15) is 0 Å². The Morgan fingerprint density at radius 2 is 1.89 bits per heavy atom. The highest BCUT2D eigenvalue weighted by Crippen LogP contribution is 2.27. The first kappa shape index (κ1) is 14.2. The van der Waals surface area contributed by atoms with E-state index in [0.29, 0.717) is 6.42 Å². The van der Waals surface area contributed by atoms with Gasteiger partial charge in [0.05, 0.1) is 18.0 Å². The van der Waals surface area contributed by atoms with Gasteiger partial charge >= 0.3 is 0 Å². The summed E-state index contributed by atoms with van der Waals surface area (Å²) in [6.45, 7) is 1.83. The Kier molecular flexibility index (Phi) is 3.78. The molecule has 1 aliphatic rings. The first-order chi connectivity index (χ1) is 8.79. The number of hydrogen-bond donors (Lipinski definition) is 1. The molecule has 2 N–H and O–H groups in total. The van der Waals surface area contributed by atoms with Crippen LogP contribution in [0.2, 0.25) is 0 Å². The Morgan fingerprint density at radius 1 is 1.32 bits per heavy atom. The van der Waals surface area contributed by atoms with Crippen molar-refractivity contribution < 1.29 is 21.9 Å². The largest absolute Gasteiger partial charge is 0.399 e.